The van der Waals surface area contributed by atoms with Gasteiger partial charge in [0.1, 0.15) is 0 Å². The molecule has 1 saturated heterocycles. The number of rotatable bonds is 5. The first-order valence-electron chi connectivity index (χ1n) is 7.69. The molecule has 1 unspecified atom stereocenters. The Kier molecular flexibility index (Phi) is 4.63. The third kappa shape index (κ3) is 3.67. The van der Waals surface area contributed by atoms with E-state index in [1.807, 2.05) is 18.2 Å². The molecule has 116 valence electrons. The van der Waals surface area contributed by atoms with Gasteiger partial charge in [0.05, 0.1) is 6.10 Å². The minimum Gasteiger partial charge on any atom is -0.454 e. The summed E-state index contributed by atoms with van der Waals surface area (Å²) in [5.74, 6) is 2.21. The maximum absolute atomic E-state index is 10.3. The van der Waals surface area contributed by atoms with Gasteiger partial charge in [0.2, 0.25) is 6.79 Å². The van der Waals surface area contributed by atoms with E-state index in [1.165, 1.54) is 25.9 Å². The van der Waals surface area contributed by atoms with Crippen LogP contribution in [0.1, 0.15) is 24.5 Å². The molecule has 5 nitrogen and oxygen atoms in total. The minimum absolute atomic E-state index is 0.267. The minimum atomic E-state index is -0.509. The van der Waals surface area contributed by atoms with Crippen LogP contribution in [0.5, 0.6) is 11.5 Å². The average molecular weight is 292 g/mol. The van der Waals surface area contributed by atoms with Gasteiger partial charge in [0.25, 0.3) is 0 Å². The Morgan fingerprint density at radius 3 is 2.86 bits per heavy atom. The molecule has 5 heteroatoms. The van der Waals surface area contributed by atoms with Crippen molar-refractivity contribution in [3.8, 4) is 11.5 Å². The van der Waals surface area contributed by atoms with Gasteiger partial charge in [-0.3, -0.25) is 0 Å². The molecule has 1 fully saturated rings. The lowest BCUT2D eigenvalue weighted by atomic mass is 9.97. The van der Waals surface area contributed by atoms with E-state index in [4.69, 9.17) is 9.47 Å². The quantitative estimate of drug-likeness (QED) is 0.859. The Bertz CT molecular complexity index is 473. The van der Waals surface area contributed by atoms with E-state index in [0.29, 0.717) is 6.54 Å². The van der Waals surface area contributed by atoms with Crippen molar-refractivity contribution in [3.05, 3.63) is 23.8 Å². The summed E-state index contributed by atoms with van der Waals surface area (Å²) >= 11 is 0. The molecule has 2 aliphatic heterocycles. The van der Waals surface area contributed by atoms with Crippen LogP contribution in [0.25, 0.3) is 0 Å². The van der Waals surface area contributed by atoms with Crippen LogP contribution in [-0.4, -0.2) is 50.0 Å². The van der Waals surface area contributed by atoms with Crippen LogP contribution in [0.4, 0.5) is 0 Å². The summed E-state index contributed by atoms with van der Waals surface area (Å²) in [5.41, 5.74) is 0.870. The molecule has 2 N–H and O–H groups in total. The van der Waals surface area contributed by atoms with E-state index in [-0.39, 0.29) is 6.79 Å². The van der Waals surface area contributed by atoms with Crippen molar-refractivity contribution in [1.29, 1.82) is 0 Å². The molecule has 0 radical (unpaired) electrons. The number of aliphatic hydroxyl groups excluding tert-OH is 1. The van der Waals surface area contributed by atoms with Crippen LogP contribution in [0.2, 0.25) is 0 Å². The summed E-state index contributed by atoms with van der Waals surface area (Å²) in [6.45, 7) is 4.18. The van der Waals surface area contributed by atoms with Gasteiger partial charge in [-0.2, -0.15) is 0 Å². The van der Waals surface area contributed by atoms with Gasteiger partial charge in [-0.15, -0.1) is 0 Å². The second kappa shape index (κ2) is 6.64. The molecule has 0 spiro atoms. The molecule has 0 aliphatic carbocycles. The van der Waals surface area contributed by atoms with Crippen molar-refractivity contribution >= 4 is 0 Å². The Balaban J connectivity index is 1.45. The molecule has 0 bridgehead atoms. The third-order valence-corrected chi connectivity index (χ3v) is 4.39. The van der Waals surface area contributed by atoms with E-state index in [9.17, 15) is 5.11 Å². The molecular formula is C16H24N2O3. The number of ether oxygens (including phenoxy) is 2. The van der Waals surface area contributed by atoms with Crippen molar-refractivity contribution in [2.24, 2.45) is 5.92 Å². The molecular weight excluding hydrogens is 268 g/mol. The van der Waals surface area contributed by atoms with Crippen molar-refractivity contribution in [1.82, 2.24) is 10.2 Å². The average Bonchev–Trinajstić information content (AvgIpc) is 2.96. The van der Waals surface area contributed by atoms with Gasteiger partial charge in [0, 0.05) is 6.54 Å². The smallest absolute Gasteiger partial charge is 0.231 e. The maximum Gasteiger partial charge on any atom is 0.231 e. The summed E-state index contributed by atoms with van der Waals surface area (Å²) in [4.78, 5) is 2.37. The van der Waals surface area contributed by atoms with Gasteiger partial charge in [-0.05, 0) is 63.1 Å². The molecule has 2 aliphatic rings. The number of nitrogens with one attached hydrogen (secondary N) is 1. The maximum atomic E-state index is 10.3. The van der Waals surface area contributed by atoms with E-state index in [2.05, 4.69) is 17.3 Å². The number of nitrogens with zero attached hydrogens (tertiary/aromatic N) is 1. The number of hydrogen-bond donors (Lipinski definition) is 2. The predicted octanol–water partition coefficient (Wildman–Crippen LogP) is 1.38. The van der Waals surface area contributed by atoms with Crippen LogP contribution in [0.3, 0.4) is 0 Å². The number of piperidine rings is 1. The Hall–Kier alpha value is -1.30. The molecule has 0 saturated carbocycles. The van der Waals surface area contributed by atoms with Crippen LogP contribution in [0.15, 0.2) is 18.2 Å². The lowest BCUT2D eigenvalue weighted by molar-refractivity contribution is 0.164. The SMILES string of the molecule is CN1CCC(CNCC(O)c2ccc3c(c2)OCO3)CC1. The molecule has 3 rings (SSSR count). The first-order valence-corrected chi connectivity index (χ1v) is 7.69. The summed E-state index contributed by atoms with van der Waals surface area (Å²) < 4.78 is 10.6. The standard InChI is InChI=1S/C16H24N2O3/c1-18-6-4-12(5-7-18)9-17-10-14(19)13-2-3-15-16(8-13)21-11-20-15/h2-3,8,12,14,17,19H,4-7,9-11H2,1H3. The molecule has 1 aromatic rings. The molecule has 1 aromatic carbocycles. The lowest BCUT2D eigenvalue weighted by Gasteiger charge is -2.29. The van der Waals surface area contributed by atoms with Crippen LogP contribution < -0.4 is 14.8 Å². The molecule has 21 heavy (non-hydrogen) atoms. The Labute approximate surface area is 125 Å². The van der Waals surface area contributed by atoms with Gasteiger partial charge in [-0.1, -0.05) is 6.07 Å². The molecule has 0 aromatic heterocycles. The topological polar surface area (TPSA) is 54.0 Å². The number of benzene rings is 1. The van der Waals surface area contributed by atoms with Crippen molar-refractivity contribution < 1.29 is 14.6 Å². The summed E-state index contributed by atoms with van der Waals surface area (Å²) in [5, 5.41) is 13.7. The van der Waals surface area contributed by atoms with E-state index >= 15 is 0 Å². The zero-order valence-electron chi connectivity index (χ0n) is 12.5. The van der Waals surface area contributed by atoms with Crippen LogP contribution in [0, 0.1) is 5.92 Å². The number of fused-ring (bicyclic) bond motifs is 1. The second-order valence-corrected chi connectivity index (χ2v) is 6.03. The van der Waals surface area contributed by atoms with Gasteiger partial charge in [-0.25, -0.2) is 0 Å². The highest BCUT2D eigenvalue weighted by Gasteiger charge is 2.18. The molecule has 0 amide bonds. The van der Waals surface area contributed by atoms with E-state index < -0.39 is 6.10 Å². The predicted molar refractivity (Wildman–Crippen MR) is 80.6 cm³/mol. The zero-order chi connectivity index (χ0) is 14.7. The van der Waals surface area contributed by atoms with Crippen molar-refractivity contribution in [3.63, 3.8) is 0 Å². The highest BCUT2D eigenvalue weighted by atomic mass is 16.7. The van der Waals surface area contributed by atoms with Gasteiger partial charge in [0.15, 0.2) is 11.5 Å². The molecule has 2 heterocycles. The second-order valence-electron chi connectivity index (χ2n) is 6.03. The summed E-state index contributed by atoms with van der Waals surface area (Å²) in [6, 6.07) is 5.62. The number of hydrogen-bond acceptors (Lipinski definition) is 5. The van der Waals surface area contributed by atoms with E-state index in [1.54, 1.807) is 0 Å². The lowest BCUT2D eigenvalue weighted by Crippen LogP contribution is -2.36. The van der Waals surface area contributed by atoms with Gasteiger partial charge >= 0.3 is 0 Å². The fourth-order valence-corrected chi connectivity index (χ4v) is 2.93. The Morgan fingerprint density at radius 2 is 2.05 bits per heavy atom. The number of aliphatic hydroxyl groups is 1. The zero-order valence-corrected chi connectivity index (χ0v) is 12.5. The van der Waals surface area contributed by atoms with Crippen molar-refractivity contribution in [2.45, 2.75) is 18.9 Å². The monoisotopic (exact) mass is 292 g/mol. The normalized spacial score (nSPS) is 20.7. The highest BCUT2D eigenvalue weighted by Crippen LogP contribution is 2.34. The fourth-order valence-electron chi connectivity index (χ4n) is 2.93. The third-order valence-electron chi connectivity index (χ3n) is 4.39. The van der Waals surface area contributed by atoms with Crippen LogP contribution in [-0.2, 0) is 0 Å². The van der Waals surface area contributed by atoms with E-state index in [0.717, 1.165) is 29.5 Å². The highest BCUT2D eigenvalue weighted by molar-refractivity contribution is 5.45. The molecule has 1 atom stereocenters. The van der Waals surface area contributed by atoms with Gasteiger partial charge < -0.3 is 24.8 Å². The summed E-state index contributed by atoms with van der Waals surface area (Å²) in [7, 11) is 2.17. The Morgan fingerprint density at radius 1 is 1.29 bits per heavy atom. The number of likely N-dealkylation sites (tertiary alicyclic amines) is 1. The first-order chi connectivity index (χ1) is 10.2. The van der Waals surface area contributed by atoms with Crippen molar-refractivity contribution in [2.75, 3.05) is 40.0 Å². The first kappa shape index (κ1) is 14.6. The largest absolute Gasteiger partial charge is 0.454 e. The fraction of sp³-hybridized carbons (Fsp3) is 0.625. The summed E-state index contributed by atoms with van der Waals surface area (Å²) in [6.07, 6.45) is 1.97. The van der Waals surface area contributed by atoms with Crippen LogP contribution >= 0.6 is 0 Å².